The first-order valence-corrected chi connectivity index (χ1v) is 7.28. The number of amides is 1. The van der Waals surface area contributed by atoms with E-state index in [1.165, 1.54) is 25.7 Å². The van der Waals surface area contributed by atoms with Gasteiger partial charge in [0.2, 0.25) is 5.91 Å². The average molecular weight is 238 g/mol. The van der Waals surface area contributed by atoms with E-state index in [4.69, 9.17) is 5.73 Å². The van der Waals surface area contributed by atoms with Gasteiger partial charge in [0.05, 0.1) is 5.41 Å². The fourth-order valence-electron chi connectivity index (χ4n) is 3.34. The number of nitrogens with one attached hydrogen (secondary N) is 1. The summed E-state index contributed by atoms with van der Waals surface area (Å²) in [5.74, 6) is 0.244. The maximum atomic E-state index is 12.5. The minimum atomic E-state index is -0.251. The van der Waals surface area contributed by atoms with E-state index in [2.05, 4.69) is 5.32 Å². The van der Waals surface area contributed by atoms with Crippen LogP contribution in [-0.2, 0) is 4.79 Å². The van der Waals surface area contributed by atoms with Crippen LogP contribution in [0.2, 0.25) is 0 Å². The Morgan fingerprint density at radius 2 is 1.65 bits per heavy atom. The lowest BCUT2D eigenvalue weighted by molar-refractivity contribution is -0.132. The van der Waals surface area contributed by atoms with Crippen LogP contribution in [0, 0.1) is 5.41 Å². The molecule has 2 saturated carbocycles. The molecular formula is C14H26N2O. The van der Waals surface area contributed by atoms with Gasteiger partial charge in [0, 0.05) is 12.6 Å². The van der Waals surface area contributed by atoms with E-state index in [1.807, 2.05) is 0 Å². The Morgan fingerprint density at radius 1 is 1.06 bits per heavy atom. The summed E-state index contributed by atoms with van der Waals surface area (Å²) in [6, 6.07) is 0.425. The Morgan fingerprint density at radius 3 is 2.18 bits per heavy atom. The highest BCUT2D eigenvalue weighted by Gasteiger charge is 2.38. The SMILES string of the molecule is NCC1(C(=O)NC2CCCC2)CCCCCC1. The minimum absolute atomic E-state index is 0.244. The fraction of sp³-hybridized carbons (Fsp3) is 0.929. The third kappa shape index (κ3) is 3.01. The summed E-state index contributed by atoms with van der Waals surface area (Å²) < 4.78 is 0. The van der Waals surface area contributed by atoms with Crippen LogP contribution in [0.25, 0.3) is 0 Å². The average Bonchev–Trinajstić information content (AvgIpc) is 2.72. The molecule has 2 aliphatic carbocycles. The summed E-state index contributed by atoms with van der Waals surface area (Å²) in [6.07, 6.45) is 11.7. The van der Waals surface area contributed by atoms with E-state index in [9.17, 15) is 4.79 Å². The summed E-state index contributed by atoms with van der Waals surface area (Å²) in [5.41, 5.74) is 5.67. The van der Waals surface area contributed by atoms with Gasteiger partial charge in [0.1, 0.15) is 0 Å². The van der Waals surface area contributed by atoms with Crippen LogP contribution in [0.1, 0.15) is 64.2 Å². The van der Waals surface area contributed by atoms with E-state index in [0.29, 0.717) is 12.6 Å². The largest absolute Gasteiger partial charge is 0.353 e. The number of nitrogens with two attached hydrogens (primary N) is 1. The van der Waals surface area contributed by atoms with E-state index < -0.39 is 0 Å². The van der Waals surface area contributed by atoms with Crippen LogP contribution in [-0.4, -0.2) is 18.5 Å². The molecule has 0 unspecified atom stereocenters. The van der Waals surface area contributed by atoms with Crippen LogP contribution in [0.4, 0.5) is 0 Å². The molecule has 2 rings (SSSR count). The van der Waals surface area contributed by atoms with Gasteiger partial charge in [-0.2, -0.15) is 0 Å². The topological polar surface area (TPSA) is 55.1 Å². The maximum Gasteiger partial charge on any atom is 0.227 e. The third-order valence-electron chi connectivity index (χ3n) is 4.62. The second kappa shape index (κ2) is 5.85. The number of carbonyl (C=O) groups is 1. The van der Waals surface area contributed by atoms with Crippen molar-refractivity contribution in [1.29, 1.82) is 0 Å². The molecular weight excluding hydrogens is 212 g/mol. The number of rotatable bonds is 3. The van der Waals surface area contributed by atoms with Gasteiger partial charge < -0.3 is 11.1 Å². The zero-order valence-electron chi connectivity index (χ0n) is 10.8. The Labute approximate surface area is 105 Å². The predicted octanol–water partition coefficient (Wildman–Crippen LogP) is 2.34. The Balaban J connectivity index is 1.96. The van der Waals surface area contributed by atoms with E-state index in [-0.39, 0.29) is 11.3 Å². The van der Waals surface area contributed by atoms with Crippen molar-refractivity contribution in [1.82, 2.24) is 5.32 Å². The summed E-state index contributed by atoms with van der Waals surface area (Å²) >= 11 is 0. The lowest BCUT2D eigenvalue weighted by Gasteiger charge is -2.31. The standard InChI is InChI=1S/C14H26N2O/c15-11-14(9-5-1-2-6-10-14)13(17)16-12-7-3-4-8-12/h12H,1-11,15H2,(H,16,17). The highest BCUT2D eigenvalue weighted by molar-refractivity contribution is 5.83. The predicted molar refractivity (Wildman–Crippen MR) is 69.6 cm³/mol. The molecule has 0 aromatic heterocycles. The highest BCUT2D eigenvalue weighted by Crippen LogP contribution is 2.35. The maximum absolute atomic E-state index is 12.5. The molecule has 2 aliphatic rings. The molecule has 1 amide bonds. The van der Waals surface area contributed by atoms with E-state index >= 15 is 0 Å². The first-order valence-electron chi connectivity index (χ1n) is 7.28. The summed E-state index contributed by atoms with van der Waals surface area (Å²) in [5, 5.41) is 3.25. The normalized spacial score (nSPS) is 25.5. The molecule has 0 aromatic rings. The third-order valence-corrected chi connectivity index (χ3v) is 4.62. The first-order chi connectivity index (χ1) is 8.27. The van der Waals surface area contributed by atoms with E-state index in [0.717, 1.165) is 38.5 Å². The van der Waals surface area contributed by atoms with Crippen molar-refractivity contribution in [3.63, 3.8) is 0 Å². The number of hydrogen-bond acceptors (Lipinski definition) is 2. The molecule has 98 valence electrons. The zero-order valence-corrected chi connectivity index (χ0v) is 10.8. The molecule has 0 bridgehead atoms. The molecule has 0 aliphatic heterocycles. The molecule has 0 spiro atoms. The second-order valence-corrected chi connectivity index (χ2v) is 5.85. The van der Waals surface area contributed by atoms with Crippen molar-refractivity contribution < 1.29 is 4.79 Å². The van der Waals surface area contributed by atoms with Crippen molar-refractivity contribution in [2.24, 2.45) is 11.1 Å². The van der Waals surface area contributed by atoms with Gasteiger partial charge in [0.25, 0.3) is 0 Å². The molecule has 17 heavy (non-hydrogen) atoms. The fourth-order valence-corrected chi connectivity index (χ4v) is 3.34. The minimum Gasteiger partial charge on any atom is -0.353 e. The molecule has 0 aromatic carbocycles. The molecule has 0 heterocycles. The van der Waals surface area contributed by atoms with E-state index in [1.54, 1.807) is 0 Å². The van der Waals surface area contributed by atoms with Crippen molar-refractivity contribution in [3.05, 3.63) is 0 Å². The summed E-state index contributed by atoms with van der Waals surface area (Å²) in [6.45, 7) is 0.519. The molecule has 2 fully saturated rings. The monoisotopic (exact) mass is 238 g/mol. The molecule has 3 nitrogen and oxygen atoms in total. The smallest absolute Gasteiger partial charge is 0.227 e. The molecule has 3 N–H and O–H groups in total. The molecule has 0 saturated heterocycles. The summed E-state index contributed by atoms with van der Waals surface area (Å²) in [4.78, 5) is 12.5. The van der Waals surface area contributed by atoms with Gasteiger partial charge in [-0.25, -0.2) is 0 Å². The molecule has 0 radical (unpaired) electrons. The number of carbonyl (C=O) groups excluding carboxylic acids is 1. The van der Waals surface area contributed by atoms with Crippen LogP contribution in [0.15, 0.2) is 0 Å². The Bertz CT molecular complexity index is 251. The first kappa shape index (κ1) is 12.9. The summed E-state index contributed by atoms with van der Waals surface area (Å²) in [7, 11) is 0. The van der Waals surface area contributed by atoms with Crippen LogP contribution in [0.5, 0.6) is 0 Å². The van der Waals surface area contributed by atoms with Crippen molar-refractivity contribution in [2.45, 2.75) is 70.3 Å². The van der Waals surface area contributed by atoms with Crippen LogP contribution >= 0.6 is 0 Å². The lowest BCUT2D eigenvalue weighted by Crippen LogP contribution is -2.48. The van der Waals surface area contributed by atoms with Gasteiger partial charge in [-0.15, -0.1) is 0 Å². The molecule has 0 atom stereocenters. The van der Waals surface area contributed by atoms with Gasteiger partial charge in [-0.1, -0.05) is 38.5 Å². The van der Waals surface area contributed by atoms with Crippen molar-refractivity contribution in [3.8, 4) is 0 Å². The van der Waals surface area contributed by atoms with Crippen LogP contribution < -0.4 is 11.1 Å². The van der Waals surface area contributed by atoms with Crippen LogP contribution in [0.3, 0.4) is 0 Å². The van der Waals surface area contributed by atoms with Gasteiger partial charge in [-0.3, -0.25) is 4.79 Å². The Hall–Kier alpha value is -0.570. The molecule has 3 heteroatoms. The Kier molecular flexibility index (Phi) is 4.43. The lowest BCUT2D eigenvalue weighted by atomic mass is 9.79. The zero-order chi connectivity index (χ0) is 12.1. The van der Waals surface area contributed by atoms with Crippen molar-refractivity contribution >= 4 is 5.91 Å². The quantitative estimate of drug-likeness (QED) is 0.742. The van der Waals surface area contributed by atoms with Gasteiger partial charge >= 0.3 is 0 Å². The van der Waals surface area contributed by atoms with Crippen molar-refractivity contribution in [2.75, 3.05) is 6.54 Å². The number of hydrogen-bond donors (Lipinski definition) is 2. The van der Waals surface area contributed by atoms with Gasteiger partial charge in [0.15, 0.2) is 0 Å². The highest BCUT2D eigenvalue weighted by atomic mass is 16.2. The van der Waals surface area contributed by atoms with Gasteiger partial charge in [-0.05, 0) is 25.7 Å². The second-order valence-electron chi connectivity index (χ2n) is 5.85.